The zero-order valence-electron chi connectivity index (χ0n) is 18.9. The maximum Gasteiger partial charge on any atom is 0.350 e. The highest BCUT2D eigenvalue weighted by Gasteiger charge is 2.18. The zero-order chi connectivity index (χ0) is 24.4. The van der Waals surface area contributed by atoms with E-state index in [-0.39, 0.29) is 12.2 Å². The molecule has 35 heavy (non-hydrogen) atoms. The van der Waals surface area contributed by atoms with Gasteiger partial charge in [0.25, 0.3) is 0 Å². The van der Waals surface area contributed by atoms with Crippen LogP contribution in [0.2, 0.25) is 5.02 Å². The molecule has 0 aliphatic heterocycles. The van der Waals surface area contributed by atoms with Gasteiger partial charge in [0.05, 0.1) is 13.2 Å². The molecule has 0 unspecified atom stereocenters. The number of hydrogen-bond acceptors (Lipinski definition) is 5. The van der Waals surface area contributed by atoms with E-state index in [1.54, 1.807) is 36.0 Å². The average Bonchev–Trinajstić information content (AvgIpc) is 3.20. The molecule has 5 aromatic rings. The normalized spacial score (nSPS) is 11.0. The molecule has 7 nitrogen and oxygen atoms in total. The van der Waals surface area contributed by atoms with E-state index in [1.807, 2.05) is 60.7 Å². The van der Waals surface area contributed by atoms with Gasteiger partial charge in [-0.25, -0.2) is 18.9 Å². The quantitative estimate of drug-likeness (QED) is 0.343. The van der Waals surface area contributed by atoms with E-state index in [1.165, 1.54) is 4.68 Å². The molecule has 0 fully saturated rings. The Labute approximate surface area is 206 Å². The summed E-state index contributed by atoms with van der Waals surface area (Å²) in [5, 5.41) is 14.3. The van der Waals surface area contributed by atoms with E-state index in [9.17, 15) is 4.79 Å². The van der Waals surface area contributed by atoms with E-state index in [0.717, 1.165) is 33.4 Å². The molecule has 0 saturated heterocycles. The first-order chi connectivity index (χ1) is 17.1. The number of hydrogen-bond donors (Lipinski definition) is 0. The van der Waals surface area contributed by atoms with E-state index in [0.29, 0.717) is 23.0 Å². The predicted molar refractivity (Wildman–Crippen MR) is 134 cm³/mol. The first-order valence-electron chi connectivity index (χ1n) is 10.9. The molecule has 3 heterocycles. The number of benzene rings is 2. The molecular weight excluding hydrogens is 462 g/mol. The predicted octanol–water partition coefficient (Wildman–Crippen LogP) is 4.94. The van der Waals surface area contributed by atoms with E-state index < -0.39 is 0 Å². The SMILES string of the molecule is COCc1ccc(-c2c(-c3ccc(Cl)cc3)ccn3c(=O)n(Cc4ccc(C#N)nc4)nc23)cc1. The van der Waals surface area contributed by atoms with Crippen LogP contribution in [-0.4, -0.2) is 26.3 Å². The van der Waals surface area contributed by atoms with E-state index in [2.05, 4.69) is 4.98 Å². The van der Waals surface area contributed by atoms with Crippen molar-refractivity contribution in [3.63, 3.8) is 0 Å². The van der Waals surface area contributed by atoms with Gasteiger partial charge in [-0.2, -0.15) is 5.26 Å². The van der Waals surface area contributed by atoms with Crippen LogP contribution in [0.5, 0.6) is 0 Å². The number of halogens is 1. The van der Waals surface area contributed by atoms with Crippen LogP contribution < -0.4 is 5.69 Å². The van der Waals surface area contributed by atoms with Crippen LogP contribution in [0.4, 0.5) is 0 Å². The van der Waals surface area contributed by atoms with Gasteiger partial charge >= 0.3 is 5.69 Å². The van der Waals surface area contributed by atoms with Crippen molar-refractivity contribution in [2.45, 2.75) is 13.2 Å². The maximum absolute atomic E-state index is 13.2. The Balaban J connectivity index is 1.68. The number of pyridine rings is 2. The second-order valence-electron chi connectivity index (χ2n) is 8.04. The third-order valence-electron chi connectivity index (χ3n) is 5.73. The van der Waals surface area contributed by atoms with Crippen LogP contribution in [0, 0.1) is 11.3 Å². The fourth-order valence-corrected chi connectivity index (χ4v) is 4.15. The molecular formula is C27H20ClN5O2. The van der Waals surface area contributed by atoms with Crippen molar-refractivity contribution < 1.29 is 4.74 Å². The standard InChI is InChI=1S/C27H20ClN5O2/c1-35-17-18-2-5-21(6-3-18)25-24(20-7-9-22(28)10-8-20)12-13-32-26(25)31-33(27(32)34)16-19-4-11-23(14-29)30-15-19/h2-13,15H,16-17H2,1H3. The number of nitriles is 1. The summed E-state index contributed by atoms with van der Waals surface area (Å²) in [5.41, 5.74) is 6.10. The van der Waals surface area contributed by atoms with Gasteiger partial charge < -0.3 is 4.74 Å². The summed E-state index contributed by atoms with van der Waals surface area (Å²) in [6.45, 7) is 0.753. The van der Waals surface area contributed by atoms with Crippen LogP contribution in [-0.2, 0) is 17.9 Å². The largest absolute Gasteiger partial charge is 0.380 e. The van der Waals surface area contributed by atoms with Crippen LogP contribution in [0.15, 0.2) is 83.9 Å². The Bertz CT molecular complexity index is 1600. The highest BCUT2D eigenvalue weighted by molar-refractivity contribution is 6.30. The number of aromatic nitrogens is 4. The fourth-order valence-electron chi connectivity index (χ4n) is 4.03. The van der Waals surface area contributed by atoms with Crippen LogP contribution in [0.25, 0.3) is 27.9 Å². The molecule has 0 aliphatic carbocycles. The summed E-state index contributed by atoms with van der Waals surface area (Å²) in [4.78, 5) is 17.3. The minimum Gasteiger partial charge on any atom is -0.380 e. The number of fused-ring (bicyclic) bond motifs is 1. The first-order valence-corrected chi connectivity index (χ1v) is 11.3. The Morgan fingerprint density at radius 3 is 2.34 bits per heavy atom. The van der Waals surface area contributed by atoms with Crippen molar-refractivity contribution in [1.82, 2.24) is 19.2 Å². The van der Waals surface area contributed by atoms with Gasteiger partial charge in [0.2, 0.25) is 0 Å². The second kappa shape index (κ2) is 9.55. The molecule has 0 atom stereocenters. The van der Waals surface area contributed by atoms with Crippen molar-refractivity contribution in [2.75, 3.05) is 7.11 Å². The van der Waals surface area contributed by atoms with Gasteiger partial charge in [-0.3, -0.25) is 0 Å². The second-order valence-corrected chi connectivity index (χ2v) is 8.48. The fraction of sp³-hybridized carbons (Fsp3) is 0.111. The lowest BCUT2D eigenvalue weighted by Gasteiger charge is -2.12. The van der Waals surface area contributed by atoms with Gasteiger partial charge in [-0.05, 0) is 52.1 Å². The lowest BCUT2D eigenvalue weighted by Crippen LogP contribution is -2.21. The van der Waals surface area contributed by atoms with Crippen LogP contribution in [0.3, 0.4) is 0 Å². The zero-order valence-corrected chi connectivity index (χ0v) is 19.6. The van der Waals surface area contributed by atoms with Gasteiger partial charge in [0, 0.05) is 30.1 Å². The van der Waals surface area contributed by atoms with Gasteiger partial charge in [0.15, 0.2) is 5.65 Å². The minimum absolute atomic E-state index is 0.238. The van der Waals surface area contributed by atoms with Gasteiger partial charge in [-0.15, -0.1) is 5.10 Å². The van der Waals surface area contributed by atoms with Crippen molar-refractivity contribution in [2.24, 2.45) is 0 Å². The highest BCUT2D eigenvalue weighted by atomic mass is 35.5. The summed E-state index contributed by atoms with van der Waals surface area (Å²) < 4.78 is 8.20. The third kappa shape index (κ3) is 4.45. The lowest BCUT2D eigenvalue weighted by molar-refractivity contribution is 0.185. The first kappa shape index (κ1) is 22.5. The molecule has 3 aromatic heterocycles. The Morgan fingerprint density at radius 1 is 0.971 bits per heavy atom. The van der Waals surface area contributed by atoms with Crippen LogP contribution in [0.1, 0.15) is 16.8 Å². The van der Waals surface area contributed by atoms with Crippen molar-refractivity contribution >= 4 is 17.2 Å². The minimum atomic E-state index is -0.260. The van der Waals surface area contributed by atoms with Gasteiger partial charge in [0.1, 0.15) is 11.8 Å². The Morgan fingerprint density at radius 2 is 1.69 bits per heavy atom. The van der Waals surface area contributed by atoms with E-state index >= 15 is 0 Å². The van der Waals surface area contributed by atoms with Gasteiger partial charge in [-0.1, -0.05) is 54.1 Å². The molecule has 8 heteroatoms. The summed E-state index contributed by atoms with van der Waals surface area (Å²) in [5.74, 6) is 0. The molecule has 0 amide bonds. The number of rotatable bonds is 6. The summed E-state index contributed by atoms with van der Waals surface area (Å²) in [6, 6.07) is 22.9. The maximum atomic E-state index is 13.2. The molecule has 0 saturated carbocycles. The molecule has 5 rings (SSSR count). The molecule has 172 valence electrons. The van der Waals surface area contributed by atoms with Crippen LogP contribution >= 0.6 is 11.6 Å². The summed E-state index contributed by atoms with van der Waals surface area (Å²) in [7, 11) is 1.66. The monoisotopic (exact) mass is 481 g/mol. The number of methoxy groups -OCH3 is 1. The highest BCUT2D eigenvalue weighted by Crippen LogP contribution is 2.35. The summed E-state index contributed by atoms with van der Waals surface area (Å²) in [6.07, 6.45) is 3.33. The average molecular weight is 482 g/mol. The van der Waals surface area contributed by atoms with Crippen molar-refractivity contribution in [1.29, 1.82) is 5.26 Å². The Hall–Kier alpha value is -4.25. The molecule has 2 aromatic carbocycles. The molecule has 0 radical (unpaired) electrons. The van der Waals surface area contributed by atoms with Crippen molar-refractivity contribution in [3.8, 4) is 28.3 Å². The lowest BCUT2D eigenvalue weighted by atomic mass is 9.95. The topological polar surface area (TPSA) is 85.2 Å². The third-order valence-corrected chi connectivity index (χ3v) is 5.99. The number of nitrogens with zero attached hydrogens (tertiary/aromatic N) is 5. The molecule has 0 bridgehead atoms. The molecule has 0 spiro atoms. The van der Waals surface area contributed by atoms with E-state index in [4.69, 9.17) is 26.7 Å². The smallest absolute Gasteiger partial charge is 0.350 e. The Kier molecular flexibility index (Phi) is 6.15. The summed E-state index contributed by atoms with van der Waals surface area (Å²) >= 11 is 6.12. The van der Waals surface area contributed by atoms with Crippen molar-refractivity contribution in [3.05, 3.63) is 111 Å². The number of ether oxygens (including phenoxy) is 1. The molecule has 0 aliphatic rings. The molecule has 0 N–H and O–H groups in total.